The van der Waals surface area contributed by atoms with Crippen LogP contribution in [-0.2, 0) is 9.59 Å². The lowest BCUT2D eigenvalue weighted by Gasteiger charge is -2.23. The largest absolute Gasteiger partial charge is 0.345 e. The van der Waals surface area contributed by atoms with Gasteiger partial charge in [-0.25, -0.2) is 0 Å². The van der Waals surface area contributed by atoms with Crippen molar-refractivity contribution in [3.8, 4) is 0 Å². The smallest absolute Gasteiger partial charge is 0.228 e. The van der Waals surface area contributed by atoms with Crippen LogP contribution in [0.25, 0.3) is 0 Å². The zero-order chi connectivity index (χ0) is 12.3. The molecule has 0 spiro atoms. The van der Waals surface area contributed by atoms with E-state index in [0.29, 0.717) is 26.1 Å². The minimum atomic E-state index is -0.170. The Morgan fingerprint density at radius 2 is 2.25 bits per heavy atom. The van der Waals surface area contributed by atoms with Crippen LogP contribution in [0.4, 0.5) is 0 Å². The van der Waals surface area contributed by atoms with Gasteiger partial charge in [0, 0.05) is 33.1 Å². The lowest BCUT2D eigenvalue weighted by atomic mass is 10.1. The van der Waals surface area contributed by atoms with E-state index in [2.05, 4.69) is 6.58 Å². The molecule has 1 aliphatic heterocycles. The number of nitrogens with zero attached hydrogens (tertiary/aromatic N) is 2. The Balaban J connectivity index is 2.62. The molecule has 90 valence electrons. The Morgan fingerprint density at radius 3 is 2.62 bits per heavy atom. The molecule has 0 radical (unpaired) electrons. The Kier molecular flexibility index (Phi) is 4.10. The van der Waals surface area contributed by atoms with E-state index < -0.39 is 0 Å². The first-order chi connectivity index (χ1) is 7.45. The van der Waals surface area contributed by atoms with E-state index in [1.165, 1.54) is 0 Å². The van der Waals surface area contributed by atoms with Crippen molar-refractivity contribution in [1.82, 2.24) is 9.80 Å². The number of likely N-dealkylation sites (tertiary alicyclic amines) is 1. The van der Waals surface area contributed by atoms with Crippen molar-refractivity contribution in [3.63, 3.8) is 0 Å². The molecule has 1 saturated heterocycles. The quantitative estimate of drug-likeness (QED) is 0.665. The fraction of sp³-hybridized carbons (Fsp3) is 0.667. The summed E-state index contributed by atoms with van der Waals surface area (Å²) in [7, 11) is 1.74. The average molecular weight is 224 g/mol. The SMILES string of the molecule is C=C(C)CN(CC)C(=O)C1CC(=O)N(C)C1. The summed E-state index contributed by atoms with van der Waals surface area (Å²) >= 11 is 0. The summed E-state index contributed by atoms with van der Waals surface area (Å²) in [6, 6.07) is 0. The summed E-state index contributed by atoms with van der Waals surface area (Å²) < 4.78 is 0. The van der Waals surface area contributed by atoms with Crippen LogP contribution >= 0.6 is 0 Å². The number of hydrogen-bond donors (Lipinski definition) is 0. The minimum Gasteiger partial charge on any atom is -0.345 e. The first-order valence-electron chi connectivity index (χ1n) is 5.62. The zero-order valence-corrected chi connectivity index (χ0v) is 10.3. The summed E-state index contributed by atoms with van der Waals surface area (Å²) in [5.74, 6) is -0.0373. The highest BCUT2D eigenvalue weighted by atomic mass is 16.2. The molecule has 1 fully saturated rings. The van der Waals surface area contributed by atoms with Crippen molar-refractivity contribution in [3.05, 3.63) is 12.2 Å². The molecule has 0 N–H and O–H groups in total. The third kappa shape index (κ3) is 2.84. The topological polar surface area (TPSA) is 40.6 Å². The molecule has 0 aliphatic carbocycles. The highest BCUT2D eigenvalue weighted by Crippen LogP contribution is 2.18. The second-order valence-corrected chi connectivity index (χ2v) is 4.48. The predicted octanol–water partition coefficient (Wildman–Crippen LogP) is 0.889. The van der Waals surface area contributed by atoms with Crippen LogP contribution in [-0.4, -0.2) is 48.3 Å². The summed E-state index contributed by atoms with van der Waals surface area (Å²) in [6.45, 7) is 9.46. The number of carbonyl (C=O) groups is 2. The number of likely N-dealkylation sites (N-methyl/N-ethyl adjacent to an activating group) is 1. The number of carbonyl (C=O) groups excluding carboxylic acids is 2. The van der Waals surface area contributed by atoms with Crippen molar-refractivity contribution >= 4 is 11.8 Å². The van der Waals surface area contributed by atoms with E-state index >= 15 is 0 Å². The molecule has 1 unspecified atom stereocenters. The molecule has 1 atom stereocenters. The molecule has 0 bridgehead atoms. The van der Waals surface area contributed by atoms with Crippen molar-refractivity contribution in [2.24, 2.45) is 5.92 Å². The van der Waals surface area contributed by atoms with Crippen molar-refractivity contribution in [1.29, 1.82) is 0 Å². The molecule has 2 amide bonds. The second kappa shape index (κ2) is 5.14. The van der Waals surface area contributed by atoms with Gasteiger partial charge in [-0.15, -0.1) is 0 Å². The van der Waals surface area contributed by atoms with Crippen LogP contribution < -0.4 is 0 Å². The fourth-order valence-electron chi connectivity index (χ4n) is 1.96. The van der Waals surface area contributed by atoms with Crippen LogP contribution in [0.3, 0.4) is 0 Å². The maximum atomic E-state index is 12.1. The molecule has 0 aromatic carbocycles. The average Bonchev–Trinajstić information content (AvgIpc) is 2.54. The van der Waals surface area contributed by atoms with E-state index in [9.17, 15) is 9.59 Å². The molecular formula is C12H20N2O2. The van der Waals surface area contributed by atoms with Gasteiger partial charge >= 0.3 is 0 Å². The Morgan fingerprint density at radius 1 is 1.62 bits per heavy atom. The minimum absolute atomic E-state index is 0.0599. The summed E-state index contributed by atoms with van der Waals surface area (Å²) in [4.78, 5) is 26.9. The molecule has 16 heavy (non-hydrogen) atoms. The molecule has 0 aromatic rings. The molecule has 0 saturated carbocycles. The molecule has 0 aromatic heterocycles. The molecule has 1 heterocycles. The van der Waals surface area contributed by atoms with Gasteiger partial charge in [-0.05, 0) is 13.8 Å². The van der Waals surface area contributed by atoms with Gasteiger partial charge in [0.2, 0.25) is 11.8 Å². The van der Waals surface area contributed by atoms with Gasteiger partial charge in [0.15, 0.2) is 0 Å². The van der Waals surface area contributed by atoms with Gasteiger partial charge in [0.25, 0.3) is 0 Å². The Labute approximate surface area is 96.9 Å². The van der Waals surface area contributed by atoms with Crippen LogP contribution in [0, 0.1) is 5.92 Å². The van der Waals surface area contributed by atoms with Crippen molar-refractivity contribution in [2.75, 3.05) is 26.7 Å². The van der Waals surface area contributed by atoms with Crippen molar-refractivity contribution in [2.45, 2.75) is 20.3 Å². The molecule has 1 rings (SSSR count). The van der Waals surface area contributed by atoms with Crippen molar-refractivity contribution < 1.29 is 9.59 Å². The van der Waals surface area contributed by atoms with Crippen LogP contribution in [0.1, 0.15) is 20.3 Å². The normalized spacial score (nSPS) is 20.1. The third-order valence-electron chi connectivity index (χ3n) is 2.84. The van der Waals surface area contributed by atoms with E-state index in [-0.39, 0.29) is 17.7 Å². The van der Waals surface area contributed by atoms with Crippen LogP contribution in [0.15, 0.2) is 12.2 Å². The first kappa shape index (κ1) is 12.7. The first-order valence-corrected chi connectivity index (χ1v) is 5.62. The van der Waals surface area contributed by atoms with E-state index in [4.69, 9.17) is 0 Å². The number of amides is 2. The summed E-state index contributed by atoms with van der Waals surface area (Å²) in [5.41, 5.74) is 0.966. The maximum Gasteiger partial charge on any atom is 0.228 e. The lowest BCUT2D eigenvalue weighted by Crippen LogP contribution is -2.37. The summed E-state index contributed by atoms with van der Waals surface area (Å²) in [5, 5.41) is 0. The van der Waals surface area contributed by atoms with Gasteiger partial charge in [0.05, 0.1) is 5.92 Å². The van der Waals surface area contributed by atoms with Gasteiger partial charge in [-0.1, -0.05) is 12.2 Å². The Hall–Kier alpha value is -1.32. The monoisotopic (exact) mass is 224 g/mol. The summed E-state index contributed by atoms with van der Waals surface area (Å²) in [6.07, 6.45) is 0.349. The maximum absolute atomic E-state index is 12.1. The second-order valence-electron chi connectivity index (χ2n) is 4.48. The van der Waals surface area contributed by atoms with E-state index in [1.807, 2.05) is 13.8 Å². The number of rotatable bonds is 4. The third-order valence-corrected chi connectivity index (χ3v) is 2.84. The lowest BCUT2D eigenvalue weighted by molar-refractivity contribution is -0.135. The standard InChI is InChI=1S/C12H20N2O2/c1-5-14(7-9(2)3)12(16)10-6-11(15)13(4)8-10/h10H,2,5-8H2,1,3-4H3. The molecule has 1 aliphatic rings. The van der Waals surface area contributed by atoms with Gasteiger partial charge in [0.1, 0.15) is 0 Å². The highest BCUT2D eigenvalue weighted by molar-refractivity contribution is 5.89. The molecule has 4 heteroatoms. The number of hydrogen-bond acceptors (Lipinski definition) is 2. The van der Waals surface area contributed by atoms with Crippen LogP contribution in [0.5, 0.6) is 0 Å². The Bertz CT molecular complexity index is 306. The molecular weight excluding hydrogens is 204 g/mol. The van der Waals surface area contributed by atoms with Crippen LogP contribution in [0.2, 0.25) is 0 Å². The van der Waals surface area contributed by atoms with E-state index in [1.54, 1.807) is 16.8 Å². The molecule has 4 nitrogen and oxygen atoms in total. The fourth-order valence-corrected chi connectivity index (χ4v) is 1.96. The zero-order valence-electron chi connectivity index (χ0n) is 10.3. The van der Waals surface area contributed by atoms with Gasteiger partial charge < -0.3 is 9.80 Å². The highest BCUT2D eigenvalue weighted by Gasteiger charge is 2.34. The van der Waals surface area contributed by atoms with E-state index in [0.717, 1.165) is 5.57 Å². The van der Waals surface area contributed by atoms with Gasteiger partial charge in [-0.2, -0.15) is 0 Å². The van der Waals surface area contributed by atoms with Gasteiger partial charge in [-0.3, -0.25) is 9.59 Å². The predicted molar refractivity (Wildman–Crippen MR) is 62.8 cm³/mol.